The monoisotopic (exact) mass is 341 g/mol. The second-order valence-electron chi connectivity index (χ2n) is 4.47. The first-order chi connectivity index (χ1) is 10.2. The van der Waals surface area contributed by atoms with E-state index in [1.54, 1.807) is 24.5 Å². The lowest BCUT2D eigenvalue weighted by molar-refractivity contribution is 0.475. The Kier molecular flexibility index (Phi) is 3.83. The van der Waals surface area contributed by atoms with Crippen LogP contribution in [0.4, 0.5) is 11.5 Å². The van der Waals surface area contributed by atoms with Gasteiger partial charge in [-0.2, -0.15) is 0 Å². The third kappa shape index (κ3) is 3.38. The van der Waals surface area contributed by atoms with Crippen molar-refractivity contribution >= 4 is 27.4 Å². The molecule has 0 atom stereocenters. The Hall–Kier alpha value is -2.40. The molecule has 5 heteroatoms. The third-order valence-corrected chi connectivity index (χ3v) is 3.39. The molecular weight excluding hydrogens is 330 g/mol. The van der Waals surface area contributed by atoms with Gasteiger partial charge in [-0.3, -0.25) is 4.98 Å². The number of hydrogen-bond acceptors (Lipinski definition) is 4. The lowest BCUT2D eigenvalue weighted by atomic mass is 10.1. The number of rotatable bonds is 3. The molecule has 3 rings (SSSR count). The summed E-state index contributed by atoms with van der Waals surface area (Å²) in [6.45, 7) is 0. The molecular formula is C16H12BrN3O. The summed E-state index contributed by atoms with van der Waals surface area (Å²) in [5.41, 5.74) is 2.58. The molecule has 0 aliphatic heterocycles. The molecule has 3 aromatic rings. The number of anilines is 2. The van der Waals surface area contributed by atoms with Gasteiger partial charge in [0.05, 0.1) is 18.1 Å². The van der Waals surface area contributed by atoms with Crippen molar-refractivity contribution in [2.75, 3.05) is 5.32 Å². The van der Waals surface area contributed by atoms with Crippen LogP contribution < -0.4 is 5.32 Å². The molecule has 0 aliphatic rings. The van der Waals surface area contributed by atoms with Crippen LogP contribution in [0.25, 0.3) is 11.3 Å². The number of hydrogen-bond donors (Lipinski definition) is 2. The fraction of sp³-hybridized carbons (Fsp3) is 0. The zero-order valence-electron chi connectivity index (χ0n) is 11.0. The molecule has 2 N–H and O–H groups in total. The van der Waals surface area contributed by atoms with Gasteiger partial charge < -0.3 is 10.4 Å². The second kappa shape index (κ2) is 5.93. The molecule has 0 aliphatic carbocycles. The molecule has 0 amide bonds. The first-order valence-electron chi connectivity index (χ1n) is 6.35. The molecule has 104 valence electrons. The summed E-state index contributed by atoms with van der Waals surface area (Å²) in [7, 11) is 0. The Balaban J connectivity index is 1.88. The van der Waals surface area contributed by atoms with Crippen molar-refractivity contribution in [3.05, 3.63) is 65.4 Å². The number of aromatic hydroxyl groups is 1. The average Bonchev–Trinajstić information content (AvgIpc) is 2.48. The molecule has 1 aromatic heterocycles. The van der Waals surface area contributed by atoms with E-state index in [9.17, 15) is 5.11 Å². The minimum Gasteiger partial charge on any atom is -0.508 e. The van der Waals surface area contributed by atoms with E-state index in [1.165, 1.54) is 0 Å². The summed E-state index contributed by atoms with van der Waals surface area (Å²) in [5.74, 6) is 0.897. The number of benzene rings is 2. The van der Waals surface area contributed by atoms with Gasteiger partial charge in [0, 0.05) is 15.7 Å². The van der Waals surface area contributed by atoms with Crippen molar-refractivity contribution < 1.29 is 5.11 Å². The summed E-state index contributed by atoms with van der Waals surface area (Å²) in [6.07, 6.45) is 3.36. The van der Waals surface area contributed by atoms with Crippen LogP contribution >= 0.6 is 15.9 Å². The van der Waals surface area contributed by atoms with Gasteiger partial charge in [0.25, 0.3) is 0 Å². The summed E-state index contributed by atoms with van der Waals surface area (Å²) in [4.78, 5) is 8.73. The number of aromatic nitrogens is 2. The molecule has 0 spiro atoms. The van der Waals surface area contributed by atoms with Crippen LogP contribution in [-0.4, -0.2) is 15.1 Å². The summed E-state index contributed by atoms with van der Waals surface area (Å²) in [6, 6.07) is 14.7. The minimum absolute atomic E-state index is 0.232. The van der Waals surface area contributed by atoms with Crippen molar-refractivity contribution in [1.82, 2.24) is 9.97 Å². The van der Waals surface area contributed by atoms with Crippen LogP contribution in [0.5, 0.6) is 5.75 Å². The Bertz CT molecular complexity index is 759. The van der Waals surface area contributed by atoms with Crippen LogP contribution in [0, 0.1) is 0 Å². The Morgan fingerprint density at radius 3 is 2.57 bits per heavy atom. The number of nitrogens with zero attached hydrogens (tertiary/aromatic N) is 2. The third-order valence-electron chi connectivity index (χ3n) is 2.89. The first-order valence-corrected chi connectivity index (χ1v) is 7.14. The van der Waals surface area contributed by atoms with Crippen LogP contribution in [0.15, 0.2) is 65.4 Å². The van der Waals surface area contributed by atoms with E-state index in [2.05, 4.69) is 31.2 Å². The molecule has 0 bridgehead atoms. The van der Waals surface area contributed by atoms with Crippen molar-refractivity contribution in [3.63, 3.8) is 0 Å². The maximum Gasteiger partial charge on any atom is 0.149 e. The highest BCUT2D eigenvalue weighted by Crippen LogP contribution is 2.23. The normalized spacial score (nSPS) is 10.3. The zero-order chi connectivity index (χ0) is 14.7. The summed E-state index contributed by atoms with van der Waals surface area (Å²) in [5, 5.41) is 12.5. The van der Waals surface area contributed by atoms with E-state index in [4.69, 9.17) is 0 Å². The Labute approximate surface area is 130 Å². The van der Waals surface area contributed by atoms with E-state index in [0.29, 0.717) is 5.82 Å². The van der Waals surface area contributed by atoms with Crippen LogP contribution in [0.3, 0.4) is 0 Å². The molecule has 0 radical (unpaired) electrons. The summed E-state index contributed by atoms with van der Waals surface area (Å²) >= 11 is 3.43. The number of nitrogens with one attached hydrogen (secondary N) is 1. The fourth-order valence-corrected chi connectivity index (χ4v) is 2.31. The van der Waals surface area contributed by atoms with E-state index >= 15 is 0 Å². The van der Waals surface area contributed by atoms with Crippen molar-refractivity contribution in [2.24, 2.45) is 0 Å². The maximum absolute atomic E-state index is 9.33. The van der Waals surface area contributed by atoms with Crippen molar-refractivity contribution in [1.29, 1.82) is 0 Å². The van der Waals surface area contributed by atoms with Gasteiger partial charge in [0.1, 0.15) is 11.6 Å². The number of phenols is 1. The van der Waals surface area contributed by atoms with Gasteiger partial charge in [-0.1, -0.05) is 22.0 Å². The molecule has 21 heavy (non-hydrogen) atoms. The smallest absolute Gasteiger partial charge is 0.149 e. The highest BCUT2D eigenvalue weighted by molar-refractivity contribution is 9.10. The maximum atomic E-state index is 9.33. The standard InChI is InChI=1S/C16H12BrN3O/c17-12-2-1-3-13(8-12)19-16-10-18-9-15(20-16)11-4-6-14(21)7-5-11/h1-10,21H,(H,19,20). The van der Waals surface area contributed by atoms with Gasteiger partial charge in [-0.15, -0.1) is 0 Å². The quantitative estimate of drug-likeness (QED) is 0.743. The van der Waals surface area contributed by atoms with E-state index in [0.717, 1.165) is 21.4 Å². The average molecular weight is 342 g/mol. The van der Waals surface area contributed by atoms with Crippen molar-refractivity contribution in [3.8, 4) is 17.0 Å². The molecule has 0 unspecified atom stereocenters. The van der Waals surface area contributed by atoms with Gasteiger partial charge in [0.15, 0.2) is 0 Å². The molecule has 1 heterocycles. The van der Waals surface area contributed by atoms with Crippen molar-refractivity contribution in [2.45, 2.75) is 0 Å². The van der Waals surface area contributed by atoms with Gasteiger partial charge in [0.2, 0.25) is 0 Å². The van der Waals surface area contributed by atoms with Crippen LogP contribution in [0.1, 0.15) is 0 Å². The molecule has 4 nitrogen and oxygen atoms in total. The summed E-state index contributed by atoms with van der Waals surface area (Å²) < 4.78 is 0.996. The van der Waals surface area contributed by atoms with E-state index < -0.39 is 0 Å². The van der Waals surface area contributed by atoms with Crippen LogP contribution in [0.2, 0.25) is 0 Å². The minimum atomic E-state index is 0.232. The first kappa shape index (κ1) is 13.6. The Morgan fingerprint density at radius 2 is 1.81 bits per heavy atom. The van der Waals surface area contributed by atoms with Gasteiger partial charge >= 0.3 is 0 Å². The fourth-order valence-electron chi connectivity index (χ4n) is 1.91. The lowest BCUT2D eigenvalue weighted by Crippen LogP contribution is -1.96. The zero-order valence-corrected chi connectivity index (χ0v) is 12.6. The highest BCUT2D eigenvalue weighted by atomic mass is 79.9. The number of phenolic OH excluding ortho intramolecular Hbond substituents is 1. The number of halogens is 1. The molecule has 2 aromatic carbocycles. The largest absolute Gasteiger partial charge is 0.508 e. The highest BCUT2D eigenvalue weighted by Gasteiger charge is 2.03. The van der Waals surface area contributed by atoms with Gasteiger partial charge in [-0.25, -0.2) is 4.98 Å². The van der Waals surface area contributed by atoms with Crippen LogP contribution in [-0.2, 0) is 0 Å². The predicted molar refractivity (Wildman–Crippen MR) is 86.6 cm³/mol. The molecule has 0 fully saturated rings. The van der Waals surface area contributed by atoms with Gasteiger partial charge in [-0.05, 0) is 42.5 Å². The Morgan fingerprint density at radius 1 is 1.00 bits per heavy atom. The second-order valence-corrected chi connectivity index (χ2v) is 5.39. The molecule has 0 saturated heterocycles. The SMILES string of the molecule is Oc1ccc(-c2cncc(Nc3cccc(Br)c3)n2)cc1. The molecule has 0 saturated carbocycles. The lowest BCUT2D eigenvalue weighted by Gasteiger charge is -2.07. The van der Waals surface area contributed by atoms with E-state index in [-0.39, 0.29) is 5.75 Å². The predicted octanol–water partition coefficient (Wildman–Crippen LogP) is 4.36. The van der Waals surface area contributed by atoms with E-state index in [1.807, 2.05) is 36.4 Å². The topological polar surface area (TPSA) is 58.0 Å².